The summed E-state index contributed by atoms with van der Waals surface area (Å²) in [5.41, 5.74) is 0.389. The molecular weight excluding hydrogens is 335 g/mol. The standard InChI is InChI=1S/C17H22Cl2N2O2/c1-2-3-4-16(22)21-9-7-13(8-10-21)20-17(23)14-11-12(18)5-6-15(14)19/h5-6,11,13H,2-4,7-10H2,1H3,(H,20,23). The van der Waals surface area contributed by atoms with E-state index in [4.69, 9.17) is 23.2 Å². The fraction of sp³-hybridized carbons (Fsp3) is 0.529. The minimum atomic E-state index is -0.215. The van der Waals surface area contributed by atoms with Gasteiger partial charge in [-0.1, -0.05) is 36.5 Å². The first kappa shape index (κ1) is 18.1. The number of nitrogens with zero attached hydrogens (tertiary/aromatic N) is 1. The largest absolute Gasteiger partial charge is 0.349 e. The predicted molar refractivity (Wildman–Crippen MR) is 93.1 cm³/mol. The molecule has 1 aromatic rings. The van der Waals surface area contributed by atoms with E-state index in [1.807, 2.05) is 4.90 Å². The van der Waals surface area contributed by atoms with Gasteiger partial charge in [-0.2, -0.15) is 0 Å². The molecule has 0 unspecified atom stereocenters. The molecule has 1 fully saturated rings. The summed E-state index contributed by atoms with van der Waals surface area (Å²) in [7, 11) is 0. The number of hydrogen-bond acceptors (Lipinski definition) is 2. The summed E-state index contributed by atoms with van der Waals surface area (Å²) < 4.78 is 0. The molecule has 2 amide bonds. The normalized spacial score (nSPS) is 15.5. The fourth-order valence-electron chi connectivity index (χ4n) is 2.69. The first-order chi connectivity index (χ1) is 11.0. The second-order valence-corrected chi connectivity index (χ2v) is 6.70. The van der Waals surface area contributed by atoms with Crippen molar-refractivity contribution in [3.05, 3.63) is 33.8 Å². The molecule has 0 radical (unpaired) electrons. The summed E-state index contributed by atoms with van der Waals surface area (Å²) in [6.07, 6.45) is 4.11. The molecule has 1 saturated heterocycles. The number of nitrogens with one attached hydrogen (secondary N) is 1. The molecule has 0 saturated carbocycles. The second kappa shape index (κ2) is 8.55. The van der Waals surface area contributed by atoms with Crippen LogP contribution in [0.2, 0.25) is 10.0 Å². The molecule has 1 aliphatic rings. The van der Waals surface area contributed by atoms with Crippen molar-refractivity contribution in [3.63, 3.8) is 0 Å². The average Bonchev–Trinajstić information content (AvgIpc) is 2.55. The minimum absolute atomic E-state index is 0.0628. The van der Waals surface area contributed by atoms with Gasteiger partial charge >= 0.3 is 0 Å². The molecule has 6 heteroatoms. The molecule has 0 bridgehead atoms. The Morgan fingerprint density at radius 2 is 1.96 bits per heavy atom. The quantitative estimate of drug-likeness (QED) is 0.869. The van der Waals surface area contributed by atoms with Crippen LogP contribution >= 0.6 is 23.2 Å². The van der Waals surface area contributed by atoms with Crippen LogP contribution in [0.5, 0.6) is 0 Å². The molecule has 2 rings (SSSR count). The summed E-state index contributed by atoms with van der Waals surface area (Å²) in [6, 6.07) is 4.91. The summed E-state index contributed by atoms with van der Waals surface area (Å²) in [5.74, 6) is 0.00257. The third-order valence-electron chi connectivity index (χ3n) is 4.10. The van der Waals surface area contributed by atoms with Crippen LogP contribution < -0.4 is 5.32 Å². The Morgan fingerprint density at radius 1 is 1.26 bits per heavy atom. The van der Waals surface area contributed by atoms with Gasteiger partial charge in [0.2, 0.25) is 5.91 Å². The predicted octanol–water partition coefficient (Wildman–Crippen LogP) is 3.90. The molecule has 4 nitrogen and oxygen atoms in total. The zero-order valence-electron chi connectivity index (χ0n) is 13.3. The van der Waals surface area contributed by atoms with Crippen molar-refractivity contribution in [1.29, 1.82) is 0 Å². The van der Waals surface area contributed by atoms with E-state index in [1.165, 1.54) is 0 Å². The molecule has 126 valence electrons. The third kappa shape index (κ3) is 5.11. The maximum Gasteiger partial charge on any atom is 0.253 e. The van der Waals surface area contributed by atoms with E-state index in [1.54, 1.807) is 18.2 Å². The van der Waals surface area contributed by atoms with Crippen molar-refractivity contribution in [1.82, 2.24) is 10.2 Å². The number of amides is 2. The lowest BCUT2D eigenvalue weighted by atomic mass is 10.0. The number of benzene rings is 1. The number of hydrogen-bond donors (Lipinski definition) is 1. The van der Waals surface area contributed by atoms with E-state index in [9.17, 15) is 9.59 Å². The van der Waals surface area contributed by atoms with Crippen LogP contribution in [0.1, 0.15) is 49.4 Å². The van der Waals surface area contributed by atoms with Crippen LogP contribution in [0.15, 0.2) is 18.2 Å². The van der Waals surface area contributed by atoms with Gasteiger partial charge in [0.25, 0.3) is 5.91 Å². The Kier molecular flexibility index (Phi) is 6.72. The monoisotopic (exact) mass is 356 g/mol. The summed E-state index contributed by atoms with van der Waals surface area (Å²) in [6.45, 7) is 3.46. The van der Waals surface area contributed by atoms with E-state index >= 15 is 0 Å². The minimum Gasteiger partial charge on any atom is -0.349 e. The van der Waals surface area contributed by atoms with Crippen LogP contribution in [-0.4, -0.2) is 35.8 Å². The lowest BCUT2D eigenvalue weighted by Gasteiger charge is -2.32. The molecule has 1 N–H and O–H groups in total. The van der Waals surface area contributed by atoms with Crippen molar-refractivity contribution in [2.24, 2.45) is 0 Å². The Morgan fingerprint density at radius 3 is 2.61 bits per heavy atom. The molecule has 0 spiro atoms. The molecule has 0 aromatic heterocycles. The van der Waals surface area contributed by atoms with E-state index in [0.29, 0.717) is 35.1 Å². The van der Waals surface area contributed by atoms with E-state index in [-0.39, 0.29) is 17.9 Å². The van der Waals surface area contributed by atoms with Crippen molar-refractivity contribution < 1.29 is 9.59 Å². The summed E-state index contributed by atoms with van der Waals surface area (Å²) in [5, 5.41) is 3.86. The van der Waals surface area contributed by atoms with Crippen LogP contribution in [-0.2, 0) is 4.79 Å². The highest BCUT2D eigenvalue weighted by Gasteiger charge is 2.24. The van der Waals surface area contributed by atoms with Crippen molar-refractivity contribution in [2.45, 2.75) is 45.1 Å². The molecule has 1 aromatic carbocycles. The number of unbranched alkanes of at least 4 members (excludes halogenated alkanes) is 1. The molecule has 0 atom stereocenters. The zero-order chi connectivity index (χ0) is 16.8. The second-order valence-electron chi connectivity index (χ2n) is 5.86. The molecule has 1 heterocycles. The lowest BCUT2D eigenvalue weighted by molar-refractivity contribution is -0.132. The van der Waals surface area contributed by atoms with Crippen LogP contribution in [0, 0.1) is 0 Å². The Bertz CT molecular complexity index is 570. The summed E-state index contributed by atoms with van der Waals surface area (Å²) in [4.78, 5) is 26.2. The smallest absolute Gasteiger partial charge is 0.253 e. The fourth-order valence-corrected chi connectivity index (χ4v) is 3.07. The molecule has 23 heavy (non-hydrogen) atoms. The van der Waals surface area contributed by atoms with Crippen molar-refractivity contribution >= 4 is 35.0 Å². The average molecular weight is 357 g/mol. The number of halogens is 2. The van der Waals surface area contributed by atoms with Crippen molar-refractivity contribution in [2.75, 3.05) is 13.1 Å². The SMILES string of the molecule is CCCCC(=O)N1CCC(NC(=O)c2cc(Cl)ccc2Cl)CC1. The lowest BCUT2D eigenvalue weighted by Crippen LogP contribution is -2.46. The van der Waals surface area contributed by atoms with Gasteiger partial charge < -0.3 is 10.2 Å². The highest BCUT2D eigenvalue weighted by molar-refractivity contribution is 6.35. The number of rotatable bonds is 5. The Hall–Kier alpha value is -1.26. The number of carbonyl (C=O) groups excluding carboxylic acids is 2. The van der Waals surface area contributed by atoms with Crippen molar-refractivity contribution in [3.8, 4) is 0 Å². The van der Waals surface area contributed by atoms with Crippen LogP contribution in [0.4, 0.5) is 0 Å². The van der Waals surface area contributed by atoms with Crippen LogP contribution in [0.3, 0.4) is 0 Å². The zero-order valence-corrected chi connectivity index (χ0v) is 14.8. The Labute approximate surface area is 147 Å². The first-order valence-electron chi connectivity index (χ1n) is 8.05. The van der Waals surface area contributed by atoms with Gasteiger partial charge in [0.15, 0.2) is 0 Å². The Balaban J connectivity index is 1.85. The van der Waals surface area contributed by atoms with Gasteiger partial charge in [-0.3, -0.25) is 9.59 Å². The van der Waals surface area contributed by atoms with E-state index in [0.717, 1.165) is 25.7 Å². The van der Waals surface area contributed by atoms with Gasteiger partial charge in [-0.05, 0) is 37.5 Å². The number of carbonyl (C=O) groups is 2. The van der Waals surface area contributed by atoms with Gasteiger partial charge in [-0.25, -0.2) is 0 Å². The maximum absolute atomic E-state index is 12.3. The number of likely N-dealkylation sites (tertiary alicyclic amines) is 1. The topological polar surface area (TPSA) is 49.4 Å². The molecule has 1 aliphatic heterocycles. The van der Waals surface area contributed by atoms with Gasteiger partial charge in [0.05, 0.1) is 10.6 Å². The van der Waals surface area contributed by atoms with Crippen LogP contribution in [0.25, 0.3) is 0 Å². The highest BCUT2D eigenvalue weighted by Crippen LogP contribution is 2.21. The summed E-state index contributed by atoms with van der Waals surface area (Å²) >= 11 is 12.0. The molecular formula is C17H22Cl2N2O2. The van der Waals surface area contributed by atoms with Gasteiger partial charge in [0, 0.05) is 30.6 Å². The highest BCUT2D eigenvalue weighted by atomic mass is 35.5. The van der Waals surface area contributed by atoms with E-state index < -0.39 is 0 Å². The first-order valence-corrected chi connectivity index (χ1v) is 8.80. The van der Waals surface area contributed by atoms with Gasteiger partial charge in [0.1, 0.15) is 0 Å². The number of piperidine rings is 1. The van der Waals surface area contributed by atoms with Gasteiger partial charge in [-0.15, -0.1) is 0 Å². The maximum atomic E-state index is 12.3. The third-order valence-corrected chi connectivity index (χ3v) is 4.66. The molecule has 0 aliphatic carbocycles. The van der Waals surface area contributed by atoms with E-state index in [2.05, 4.69) is 12.2 Å².